The van der Waals surface area contributed by atoms with Crippen LogP contribution in [0.25, 0.3) is 11.3 Å². The fourth-order valence-electron chi connectivity index (χ4n) is 3.02. The Morgan fingerprint density at radius 3 is 2.54 bits per heavy atom. The molecule has 3 rings (SSSR count). The summed E-state index contributed by atoms with van der Waals surface area (Å²) >= 11 is 0. The van der Waals surface area contributed by atoms with E-state index in [0.29, 0.717) is 31.4 Å². The van der Waals surface area contributed by atoms with Crippen LogP contribution >= 0.6 is 0 Å². The molecular weight excluding hydrogens is 352 g/mol. The lowest BCUT2D eigenvalue weighted by molar-refractivity contribution is -0.137. The molecular formula is C17H18F4N4O. The van der Waals surface area contributed by atoms with E-state index in [4.69, 9.17) is 0 Å². The molecule has 1 aliphatic heterocycles. The van der Waals surface area contributed by atoms with Crippen LogP contribution in [0.3, 0.4) is 0 Å². The number of anilines is 1. The first-order valence-corrected chi connectivity index (χ1v) is 8.10. The Labute approximate surface area is 147 Å². The molecule has 1 aromatic carbocycles. The lowest BCUT2D eigenvalue weighted by Crippen LogP contribution is -2.44. The Bertz CT molecular complexity index is 756. The molecule has 0 amide bonds. The first kappa shape index (κ1) is 18.4. The summed E-state index contributed by atoms with van der Waals surface area (Å²) in [6, 6.07) is 4.65. The summed E-state index contributed by atoms with van der Waals surface area (Å²) in [5.74, 6) is -0.0807. The van der Waals surface area contributed by atoms with Gasteiger partial charge in [0.05, 0.1) is 11.3 Å². The minimum absolute atomic E-state index is 0.125. The number of halogens is 4. The second kappa shape index (κ2) is 7.06. The highest BCUT2D eigenvalue weighted by Gasteiger charge is 2.32. The molecule has 1 aliphatic rings. The van der Waals surface area contributed by atoms with Crippen molar-refractivity contribution in [3.05, 3.63) is 35.4 Å². The summed E-state index contributed by atoms with van der Waals surface area (Å²) < 4.78 is 51.8. The number of phenolic OH excluding ortho intramolecular Hbond substituents is 1. The van der Waals surface area contributed by atoms with E-state index >= 15 is 0 Å². The van der Waals surface area contributed by atoms with E-state index in [1.807, 2.05) is 0 Å². The van der Waals surface area contributed by atoms with Crippen molar-refractivity contribution >= 4 is 5.82 Å². The molecule has 0 aliphatic carbocycles. The van der Waals surface area contributed by atoms with Gasteiger partial charge >= 0.3 is 6.18 Å². The van der Waals surface area contributed by atoms with Crippen LogP contribution in [0.2, 0.25) is 0 Å². The van der Waals surface area contributed by atoms with Crippen LogP contribution in [0.15, 0.2) is 24.3 Å². The molecule has 9 heteroatoms. The maximum absolute atomic E-state index is 13.4. The monoisotopic (exact) mass is 370 g/mol. The van der Waals surface area contributed by atoms with Crippen LogP contribution in [-0.4, -0.2) is 40.6 Å². The second-order valence-corrected chi connectivity index (χ2v) is 6.32. The van der Waals surface area contributed by atoms with E-state index in [2.05, 4.69) is 20.8 Å². The topological polar surface area (TPSA) is 70.1 Å². The average Bonchev–Trinajstić information content (AvgIpc) is 2.55. The first-order valence-electron chi connectivity index (χ1n) is 8.10. The van der Waals surface area contributed by atoms with Gasteiger partial charge in [0.25, 0.3) is 0 Å². The van der Waals surface area contributed by atoms with Gasteiger partial charge in [-0.05, 0) is 36.8 Å². The fourth-order valence-corrected chi connectivity index (χ4v) is 3.02. The predicted molar refractivity (Wildman–Crippen MR) is 88.7 cm³/mol. The summed E-state index contributed by atoms with van der Waals surface area (Å²) in [5.41, 5.74) is -0.234. The second-order valence-electron chi connectivity index (χ2n) is 6.32. The number of phenols is 1. The van der Waals surface area contributed by atoms with Gasteiger partial charge in [0.1, 0.15) is 17.7 Å². The van der Waals surface area contributed by atoms with Crippen molar-refractivity contribution < 1.29 is 22.7 Å². The van der Waals surface area contributed by atoms with Gasteiger partial charge in [0.15, 0.2) is 0 Å². The van der Waals surface area contributed by atoms with Gasteiger partial charge in [-0.25, -0.2) is 4.39 Å². The smallest absolute Gasteiger partial charge is 0.416 e. The number of aromatic hydroxyl groups is 1. The van der Waals surface area contributed by atoms with Gasteiger partial charge in [-0.1, -0.05) is 0 Å². The summed E-state index contributed by atoms with van der Waals surface area (Å²) in [4.78, 5) is 0. The van der Waals surface area contributed by atoms with E-state index in [0.717, 1.165) is 6.07 Å². The molecule has 2 aromatic rings. The average molecular weight is 370 g/mol. The highest BCUT2D eigenvalue weighted by molar-refractivity contribution is 5.71. The quantitative estimate of drug-likeness (QED) is 0.724. The zero-order chi connectivity index (χ0) is 18.9. The van der Waals surface area contributed by atoms with E-state index in [1.54, 1.807) is 12.1 Å². The fraction of sp³-hybridized carbons (Fsp3) is 0.412. The van der Waals surface area contributed by atoms with E-state index < -0.39 is 23.7 Å². The molecule has 2 heterocycles. The van der Waals surface area contributed by atoms with E-state index in [-0.39, 0.29) is 22.9 Å². The number of aryl methyl sites for hydroxylation is 1. The number of nitrogens with one attached hydrogen (secondary N) is 2. The van der Waals surface area contributed by atoms with Crippen molar-refractivity contribution in [2.24, 2.45) is 0 Å². The SMILES string of the molecule is Cc1cc(C(F)(F)F)cc(O)c1-c1ccc(N[C@H]2CNC[C@H](F)C2)nn1. The number of hydrogen-bond donors (Lipinski definition) is 3. The van der Waals surface area contributed by atoms with Crippen LogP contribution in [-0.2, 0) is 6.18 Å². The van der Waals surface area contributed by atoms with Crippen molar-refractivity contribution in [3.63, 3.8) is 0 Å². The summed E-state index contributed by atoms with van der Waals surface area (Å²) in [6.07, 6.45) is -5.11. The van der Waals surface area contributed by atoms with Crippen molar-refractivity contribution in [3.8, 4) is 17.0 Å². The third-order valence-electron chi connectivity index (χ3n) is 4.21. The minimum Gasteiger partial charge on any atom is -0.507 e. The third kappa shape index (κ3) is 4.04. The van der Waals surface area contributed by atoms with Crippen molar-refractivity contribution in [1.29, 1.82) is 0 Å². The van der Waals surface area contributed by atoms with Crippen LogP contribution < -0.4 is 10.6 Å². The first-order chi connectivity index (χ1) is 12.2. The number of piperidine rings is 1. The third-order valence-corrected chi connectivity index (χ3v) is 4.21. The molecule has 0 saturated carbocycles. The maximum Gasteiger partial charge on any atom is 0.416 e. The number of hydrogen-bond acceptors (Lipinski definition) is 5. The standard InChI is InChI=1S/C17H18F4N4O/c1-9-4-10(17(19,20)21)5-14(26)16(9)13-2-3-15(25-24-13)23-12-6-11(18)7-22-8-12/h2-5,11-12,22,26H,6-8H2,1H3,(H,23,25)/t11-,12-/m1/s1. The molecule has 0 unspecified atom stereocenters. The molecule has 3 N–H and O–H groups in total. The molecule has 140 valence electrons. The highest BCUT2D eigenvalue weighted by Crippen LogP contribution is 2.38. The van der Waals surface area contributed by atoms with Crippen LogP contribution in [0.4, 0.5) is 23.4 Å². The van der Waals surface area contributed by atoms with Gasteiger partial charge in [0.2, 0.25) is 0 Å². The maximum atomic E-state index is 13.4. The Balaban J connectivity index is 1.80. The number of benzene rings is 1. The van der Waals surface area contributed by atoms with E-state index in [9.17, 15) is 22.7 Å². The summed E-state index contributed by atoms with van der Waals surface area (Å²) in [5, 5.41) is 24.0. The molecule has 1 fully saturated rings. The Kier molecular flexibility index (Phi) is 4.99. The summed E-state index contributed by atoms with van der Waals surface area (Å²) in [7, 11) is 0. The number of rotatable bonds is 3. The lowest BCUT2D eigenvalue weighted by atomic mass is 10.0. The lowest BCUT2D eigenvalue weighted by Gasteiger charge is -2.26. The number of nitrogens with zero attached hydrogens (tertiary/aromatic N) is 2. The molecule has 26 heavy (non-hydrogen) atoms. The zero-order valence-electron chi connectivity index (χ0n) is 13.9. The Hall–Kier alpha value is -2.42. The van der Waals surface area contributed by atoms with Crippen molar-refractivity contribution in [2.75, 3.05) is 18.4 Å². The summed E-state index contributed by atoms with van der Waals surface area (Å²) in [6.45, 7) is 2.39. The van der Waals surface area contributed by atoms with Gasteiger partial charge in [-0.2, -0.15) is 13.2 Å². The predicted octanol–water partition coefficient (Wildman–Crippen LogP) is 3.29. The number of alkyl halides is 4. The molecule has 0 bridgehead atoms. The molecule has 5 nitrogen and oxygen atoms in total. The largest absolute Gasteiger partial charge is 0.507 e. The molecule has 1 aromatic heterocycles. The Morgan fingerprint density at radius 2 is 1.96 bits per heavy atom. The van der Waals surface area contributed by atoms with Crippen LogP contribution in [0, 0.1) is 6.92 Å². The van der Waals surface area contributed by atoms with Gasteiger partial charge in [0, 0.05) is 31.1 Å². The van der Waals surface area contributed by atoms with Gasteiger partial charge in [-0.3, -0.25) is 0 Å². The molecule has 0 radical (unpaired) electrons. The van der Waals surface area contributed by atoms with Gasteiger partial charge < -0.3 is 15.7 Å². The zero-order valence-corrected chi connectivity index (χ0v) is 13.9. The van der Waals surface area contributed by atoms with Gasteiger partial charge in [-0.15, -0.1) is 10.2 Å². The van der Waals surface area contributed by atoms with E-state index in [1.165, 1.54) is 6.92 Å². The number of aromatic nitrogens is 2. The normalized spacial score (nSPS) is 20.8. The van der Waals surface area contributed by atoms with Crippen LogP contribution in [0.1, 0.15) is 17.5 Å². The van der Waals surface area contributed by atoms with Crippen molar-refractivity contribution in [1.82, 2.24) is 15.5 Å². The van der Waals surface area contributed by atoms with Crippen LogP contribution in [0.5, 0.6) is 5.75 Å². The Morgan fingerprint density at radius 1 is 1.19 bits per heavy atom. The van der Waals surface area contributed by atoms with Crippen molar-refractivity contribution in [2.45, 2.75) is 31.7 Å². The molecule has 2 atom stereocenters. The molecule has 1 saturated heterocycles. The molecule has 0 spiro atoms. The minimum atomic E-state index is -4.54. The highest BCUT2D eigenvalue weighted by atomic mass is 19.4.